The van der Waals surface area contributed by atoms with E-state index in [9.17, 15) is 5.11 Å². The van der Waals surface area contributed by atoms with E-state index in [1.807, 2.05) is 54.6 Å². The molecule has 2 aromatic carbocycles. The number of para-hydroxylation sites is 2. The molecule has 0 aliphatic rings. The van der Waals surface area contributed by atoms with E-state index in [0.29, 0.717) is 5.02 Å². The highest BCUT2D eigenvalue weighted by Crippen LogP contribution is 2.35. The van der Waals surface area contributed by atoms with E-state index in [2.05, 4.69) is 9.55 Å². The summed E-state index contributed by atoms with van der Waals surface area (Å²) in [6.45, 7) is 3.51. The Kier molecular flexibility index (Phi) is 4.02. The van der Waals surface area contributed by atoms with Crippen LogP contribution in [0, 0.1) is 0 Å². The highest BCUT2D eigenvalue weighted by molar-refractivity contribution is 6.30. The Morgan fingerprint density at radius 1 is 1.00 bits per heavy atom. The predicted octanol–water partition coefficient (Wildman–Crippen LogP) is 4.97. The average Bonchev–Trinajstić information content (AvgIpc) is 3.01. The minimum atomic E-state index is -1.05. The van der Waals surface area contributed by atoms with Gasteiger partial charge in [0.15, 0.2) is 0 Å². The standard InChI is InChI=1S/C21H18ClN3O/c1-21(2,26)16-13-15(22)7-8-18(16)25-19-6-4-3-5-17(19)24-20(25)14-9-11-23-12-10-14/h3-13,26H,1-2H3. The number of aromatic nitrogens is 3. The number of pyridine rings is 1. The van der Waals surface area contributed by atoms with Gasteiger partial charge in [0.2, 0.25) is 0 Å². The van der Waals surface area contributed by atoms with E-state index in [4.69, 9.17) is 16.6 Å². The maximum absolute atomic E-state index is 10.7. The Bertz CT molecular complexity index is 1080. The van der Waals surface area contributed by atoms with Crippen molar-refractivity contribution in [3.63, 3.8) is 0 Å². The van der Waals surface area contributed by atoms with Crippen LogP contribution >= 0.6 is 11.6 Å². The molecular formula is C21H18ClN3O. The number of halogens is 1. The first-order chi connectivity index (χ1) is 12.4. The molecule has 0 unspecified atom stereocenters. The summed E-state index contributed by atoms with van der Waals surface area (Å²) in [4.78, 5) is 8.93. The van der Waals surface area contributed by atoms with Gasteiger partial charge in [-0.25, -0.2) is 4.98 Å². The molecule has 5 heteroatoms. The number of hydrogen-bond acceptors (Lipinski definition) is 3. The monoisotopic (exact) mass is 363 g/mol. The lowest BCUT2D eigenvalue weighted by molar-refractivity contribution is 0.0786. The molecular weight excluding hydrogens is 346 g/mol. The highest BCUT2D eigenvalue weighted by Gasteiger charge is 2.24. The van der Waals surface area contributed by atoms with Gasteiger partial charge in [0.05, 0.1) is 22.3 Å². The van der Waals surface area contributed by atoms with Gasteiger partial charge in [-0.3, -0.25) is 9.55 Å². The van der Waals surface area contributed by atoms with E-state index >= 15 is 0 Å². The summed E-state index contributed by atoms with van der Waals surface area (Å²) < 4.78 is 2.06. The summed E-state index contributed by atoms with van der Waals surface area (Å²) in [6, 6.07) is 17.4. The lowest BCUT2D eigenvalue weighted by atomic mass is 9.96. The van der Waals surface area contributed by atoms with Crippen molar-refractivity contribution in [3.05, 3.63) is 77.6 Å². The number of fused-ring (bicyclic) bond motifs is 1. The molecule has 2 heterocycles. The topological polar surface area (TPSA) is 50.9 Å². The molecule has 1 N–H and O–H groups in total. The third-order valence-corrected chi connectivity index (χ3v) is 4.59. The van der Waals surface area contributed by atoms with Gasteiger partial charge in [-0.15, -0.1) is 0 Å². The van der Waals surface area contributed by atoms with Crippen LogP contribution < -0.4 is 0 Å². The Labute approximate surface area is 156 Å². The van der Waals surface area contributed by atoms with Crippen molar-refractivity contribution in [3.8, 4) is 17.1 Å². The summed E-state index contributed by atoms with van der Waals surface area (Å²) in [5, 5.41) is 11.3. The first-order valence-electron chi connectivity index (χ1n) is 8.36. The van der Waals surface area contributed by atoms with Crippen molar-refractivity contribution >= 4 is 22.6 Å². The second kappa shape index (κ2) is 6.24. The lowest BCUT2D eigenvalue weighted by Gasteiger charge is -2.23. The molecule has 0 radical (unpaired) electrons. The van der Waals surface area contributed by atoms with Crippen molar-refractivity contribution in [2.75, 3.05) is 0 Å². The van der Waals surface area contributed by atoms with Crippen LogP contribution in [0.25, 0.3) is 28.1 Å². The van der Waals surface area contributed by atoms with Crippen molar-refractivity contribution < 1.29 is 5.11 Å². The van der Waals surface area contributed by atoms with Crippen LogP contribution in [0.5, 0.6) is 0 Å². The zero-order valence-electron chi connectivity index (χ0n) is 14.5. The molecule has 4 rings (SSSR count). The fourth-order valence-electron chi connectivity index (χ4n) is 3.16. The molecule has 0 aliphatic carbocycles. The number of rotatable bonds is 3. The number of imidazole rings is 1. The molecule has 0 saturated carbocycles. The van der Waals surface area contributed by atoms with Crippen LogP contribution in [-0.2, 0) is 5.60 Å². The van der Waals surface area contributed by atoms with E-state index < -0.39 is 5.60 Å². The van der Waals surface area contributed by atoms with Crippen LogP contribution in [0.3, 0.4) is 0 Å². The lowest BCUT2D eigenvalue weighted by Crippen LogP contribution is -2.19. The molecule has 0 bridgehead atoms. The third kappa shape index (κ3) is 2.87. The summed E-state index contributed by atoms with van der Waals surface area (Å²) in [6.07, 6.45) is 3.50. The van der Waals surface area contributed by atoms with Gasteiger partial charge in [0.25, 0.3) is 0 Å². The second-order valence-electron chi connectivity index (χ2n) is 6.72. The van der Waals surface area contributed by atoms with Gasteiger partial charge in [-0.1, -0.05) is 23.7 Å². The minimum Gasteiger partial charge on any atom is -0.386 e. The van der Waals surface area contributed by atoms with Crippen LogP contribution in [0.1, 0.15) is 19.4 Å². The number of aliphatic hydroxyl groups is 1. The van der Waals surface area contributed by atoms with Gasteiger partial charge in [0.1, 0.15) is 5.82 Å². The van der Waals surface area contributed by atoms with Gasteiger partial charge in [0, 0.05) is 28.5 Å². The molecule has 130 valence electrons. The zero-order valence-corrected chi connectivity index (χ0v) is 15.3. The van der Waals surface area contributed by atoms with E-state index in [0.717, 1.165) is 33.7 Å². The number of benzene rings is 2. The first-order valence-corrected chi connectivity index (χ1v) is 8.73. The quantitative estimate of drug-likeness (QED) is 0.559. The number of hydrogen-bond donors (Lipinski definition) is 1. The number of nitrogens with zero attached hydrogens (tertiary/aromatic N) is 3. The van der Waals surface area contributed by atoms with Crippen LogP contribution in [0.15, 0.2) is 67.0 Å². The van der Waals surface area contributed by atoms with Gasteiger partial charge >= 0.3 is 0 Å². The zero-order chi connectivity index (χ0) is 18.3. The second-order valence-corrected chi connectivity index (χ2v) is 7.15. The van der Waals surface area contributed by atoms with Crippen LogP contribution in [-0.4, -0.2) is 19.6 Å². The highest BCUT2D eigenvalue weighted by atomic mass is 35.5. The Hall–Kier alpha value is -2.69. The molecule has 26 heavy (non-hydrogen) atoms. The summed E-state index contributed by atoms with van der Waals surface area (Å²) in [5.41, 5.74) is 3.34. The Morgan fingerprint density at radius 2 is 1.73 bits per heavy atom. The molecule has 0 saturated heterocycles. The Balaban J connectivity index is 2.10. The summed E-state index contributed by atoms with van der Waals surface area (Å²) >= 11 is 6.22. The van der Waals surface area contributed by atoms with Crippen molar-refractivity contribution in [1.29, 1.82) is 0 Å². The van der Waals surface area contributed by atoms with Crippen LogP contribution in [0.4, 0.5) is 0 Å². The summed E-state index contributed by atoms with van der Waals surface area (Å²) in [5.74, 6) is 0.793. The van der Waals surface area contributed by atoms with Gasteiger partial charge in [-0.2, -0.15) is 0 Å². The molecule has 0 spiro atoms. The SMILES string of the molecule is CC(C)(O)c1cc(Cl)ccc1-n1c(-c2ccncc2)nc2ccccc21. The first kappa shape index (κ1) is 16.8. The Morgan fingerprint density at radius 3 is 2.46 bits per heavy atom. The van der Waals surface area contributed by atoms with Crippen molar-refractivity contribution in [2.45, 2.75) is 19.4 Å². The molecule has 0 amide bonds. The van der Waals surface area contributed by atoms with Gasteiger partial charge < -0.3 is 5.11 Å². The van der Waals surface area contributed by atoms with E-state index in [1.54, 1.807) is 26.2 Å². The minimum absolute atomic E-state index is 0.584. The summed E-state index contributed by atoms with van der Waals surface area (Å²) in [7, 11) is 0. The normalized spacial score (nSPS) is 11.8. The van der Waals surface area contributed by atoms with Crippen molar-refractivity contribution in [2.24, 2.45) is 0 Å². The fourth-order valence-corrected chi connectivity index (χ4v) is 3.33. The van der Waals surface area contributed by atoms with E-state index in [1.165, 1.54) is 0 Å². The average molecular weight is 364 g/mol. The smallest absolute Gasteiger partial charge is 0.145 e. The van der Waals surface area contributed by atoms with Gasteiger partial charge in [-0.05, 0) is 56.3 Å². The molecule has 0 fully saturated rings. The van der Waals surface area contributed by atoms with E-state index in [-0.39, 0.29) is 0 Å². The third-order valence-electron chi connectivity index (χ3n) is 4.36. The van der Waals surface area contributed by atoms with Crippen molar-refractivity contribution in [1.82, 2.24) is 14.5 Å². The largest absolute Gasteiger partial charge is 0.386 e. The maximum Gasteiger partial charge on any atom is 0.145 e. The molecule has 2 aromatic heterocycles. The molecule has 4 aromatic rings. The maximum atomic E-state index is 10.7. The predicted molar refractivity (Wildman–Crippen MR) is 105 cm³/mol. The molecule has 4 nitrogen and oxygen atoms in total. The van der Waals surface area contributed by atoms with Crippen LogP contribution in [0.2, 0.25) is 5.02 Å². The molecule has 0 aliphatic heterocycles. The molecule has 0 atom stereocenters. The fraction of sp³-hybridized carbons (Fsp3) is 0.143.